The van der Waals surface area contributed by atoms with Gasteiger partial charge in [-0.25, -0.2) is 0 Å². The molecule has 0 unspecified atom stereocenters. The lowest BCUT2D eigenvalue weighted by Gasteiger charge is -2.26. The molecule has 92 valence electrons. The van der Waals surface area contributed by atoms with Gasteiger partial charge in [-0.3, -0.25) is 4.90 Å². The molecule has 1 aliphatic rings. The Morgan fingerprint density at radius 3 is 2.76 bits per heavy atom. The molecule has 0 spiro atoms. The molecule has 0 amide bonds. The van der Waals surface area contributed by atoms with E-state index in [1.165, 1.54) is 43.5 Å². The van der Waals surface area contributed by atoms with Crippen molar-refractivity contribution in [3.05, 3.63) is 41.5 Å². The van der Waals surface area contributed by atoms with Crippen molar-refractivity contribution >= 4 is 6.08 Å². The number of benzene rings is 1. The number of rotatable bonds is 4. The number of nitrogens with two attached hydrogens (primary N) is 1. The first-order valence-corrected chi connectivity index (χ1v) is 6.56. The van der Waals surface area contributed by atoms with Gasteiger partial charge in [0.1, 0.15) is 0 Å². The number of piperidine rings is 1. The van der Waals surface area contributed by atoms with Gasteiger partial charge in [0.15, 0.2) is 0 Å². The molecule has 0 radical (unpaired) electrons. The molecule has 0 saturated carbocycles. The summed E-state index contributed by atoms with van der Waals surface area (Å²) < 4.78 is 0. The number of hydrogen-bond donors (Lipinski definition) is 1. The van der Waals surface area contributed by atoms with Crippen LogP contribution in [0.2, 0.25) is 0 Å². The third-order valence-electron chi connectivity index (χ3n) is 3.25. The van der Waals surface area contributed by atoms with Crippen LogP contribution in [0, 0.1) is 0 Å². The molecule has 0 bridgehead atoms. The van der Waals surface area contributed by atoms with Crippen LogP contribution in [0.1, 0.15) is 30.4 Å². The fourth-order valence-corrected chi connectivity index (χ4v) is 2.37. The van der Waals surface area contributed by atoms with Gasteiger partial charge in [0.25, 0.3) is 0 Å². The minimum atomic E-state index is 0.607. The lowest BCUT2D eigenvalue weighted by Crippen LogP contribution is -2.29. The third kappa shape index (κ3) is 3.99. The second-order valence-corrected chi connectivity index (χ2v) is 4.72. The van der Waals surface area contributed by atoms with Crippen LogP contribution >= 0.6 is 0 Å². The van der Waals surface area contributed by atoms with Crippen LogP contribution in [0.15, 0.2) is 30.3 Å². The summed E-state index contributed by atoms with van der Waals surface area (Å²) in [7, 11) is 0. The standard InChI is InChI=1S/C15H22N2/c16-9-5-8-14-6-4-7-15(12-14)13-17-10-2-1-3-11-17/h4-8,12H,1-3,9-11,13,16H2/b8-5+. The van der Waals surface area contributed by atoms with Crippen molar-refractivity contribution in [2.24, 2.45) is 5.73 Å². The molecule has 0 atom stereocenters. The van der Waals surface area contributed by atoms with Crippen LogP contribution in [-0.2, 0) is 6.54 Å². The molecule has 2 heteroatoms. The van der Waals surface area contributed by atoms with Crippen LogP contribution in [-0.4, -0.2) is 24.5 Å². The number of nitrogens with zero attached hydrogens (tertiary/aromatic N) is 1. The molecular weight excluding hydrogens is 208 g/mol. The fourth-order valence-electron chi connectivity index (χ4n) is 2.37. The molecule has 1 aromatic rings. The van der Waals surface area contributed by atoms with E-state index in [0.29, 0.717) is 6.54 Å². The lowest BCUT2D eigenvalue weighted by molar-refractivity contribution is 0.221. The minimum absolute atomic E-state index is 0.607. The molecule has 1 fully saturated rings. The van der Waals surface area contributed by atoms with Gasteiger partial charge in [-0.05, 0) is 37.1 Å². The smallest absolute Gasteiger partial charge is 0.0233 e. The van der Waals surface area contributed by atoms with Gasteiger partial charge in [-0.15, -0.1) is 0 Å². The molecule has 2 rings (SSSR count). The quantitative estimate of drug-likeness (QED) is 0.861. The predicted octanol–water partition coefficient (Wildman–Crippen LogP) is 2.64. The van der Waals surface area contributed by atoms with Gasteiger partial charge in [0.05, 0.1) is 0 Å². The van der Waals surface area contributed by atoms with Crippen molar-refractivity contribution in [2.75, 3.05) is 19.6 Å². The van der Waals surface area contributed by atoms with Crippen molar-refractivity contribution in [1.29, 1.82) is 0 Å². The average Bonchev–Trinajstić information content (AvgIpc) is 2.38. The van der Waals surface area contributed by atoms with Crippen LogP contribution in [0.3, 0.4) is 0 Å². The summed E-state index contributed by atoms with van der Waals surface area (Å²) in [6, 6.07) is 8.75. The maximum atomic E-state index is 5.47. The Hall–Kier alpha value is -1.12. The van der Waals surface area contributed by atoms with E-state index >= 15 is 0 Å². The Morgan fingerprint density at radius 2 is 2.00 bits per heavy atom. The molecule has 0 aliphatic carbocycles. The van der Waals surface area contributed by atoms with E-state index in [4.69, 9.17) is 5.73 Å². The first-order valence-electron chi connectivity index (χ1n) is 6.56. The highest BCUT2D eigenvalue weighted by Crippen LogP contribution is 2.14. The summed E-state index contributed by atoms with van der Waals surface area (Å²) >= 11 is 0. The highest BCUT2D eigenvalue weighted by Gasteiger charge is 2.09. The molecule has 1 aromatic carbocycles. The van der Waals surface area contributed by atoms with Crippen molar-refractivity contribution in [2.45, 2.75) is 25.8 Å². The zero-order valence-corrected chi connectivity index (χ0v) is 10.4. The van der Waals surface area contributed by atoms with E-state index in [9.17, 15) is 0 Å². The van der Waals surface area contributed by atoms with Crippen LogP contribution in [0.25, 0.3) is 6.08 Å². The Morgan fingerprint density at radius 1 is 1.18 bits per heavy atom. The van der Waals surface area contributed by atoms with Crippen molar-refractivity contribution in [3.63, 3.8) is 0 Å². The monoisotopic (exact) mass is 230 g/mol. The van der Waals surface area contributed by atoms with Crippen molar-refractivity contribution < 1.29 is 0 Å². The van der Waals surface area contributed by atoms with Crippen molar-refractivity contribution in [1.82, 2.24) is 4.90 Å². The number of likely N-dealkylation sites (tertiary alicyclic amines) is 1. The summed E-state index contributed by atoms with van der Waals surface area (Å²) in [5, 5.41) is 0. The molecule has 2 N–H and O–H groups in total. The van der Waals surface area contributed by atoms with E-state index in [-0.39, 0.29) is 0 Å². The molecular formula is C15H22N2. The average molecular weight is 230 g/mol. The van der Waals surface area contributed by atoms with Gasteiger partial charge < -0.3 is 5.73 Å². The fraction of sp³-hybridized carbons (Fsp3) is 0.467. The summed E-state index contributed by atoms with van der Waals surface area (Å²) in [5.74, 6) is 0. The van der Waals surface area contributed by atoms with Crippen LogP contribution < -0.4 is 5.73 Å². The summed E-state index contributed by atoms with van der Waals surface area (Å²) in [5.41, 5.74) is 8.13. The second-order valence-electron chi connectivity index (χ2n) is 4.72. The largest absolute Gasteiger partial charge is 0.327 e. The highest BCUT2D eigenvalue weighted by molar-refractivity contribution is 5.50. The Labute approximate surface area is 104 Å². The molecule has 0 aromatic heterocycles. The zero-order valence-electron chi connectivity index (χ0n) is 10.4. The Kier molecular flexibility index (Phi) is 4.77. The Balaban J connectivity index is 1.97. The summed E-state index contributed by atoms with van der Waals surface area (Å²) in [6.07, 6.45) is 8.20. The van der Waals surface area contributed by atoms with Crippen LogP contribution in [0.4, 0.5) is 0 Å². The molecule has 17 heavy (non-hydrogen) atoms. The minimum Gasteiger partial charge on any atom is -0.327 e. The maximum Gasteiger partial charge on any atom is 0.0233 e. The maximum absolute atomic E-state index is 5.47. The Bertz CT molecular complexity index is 365. The molecule has 1 aliphatic heterocycles. The number of hydrogen-bond acceptors (Lipinski definition) is 2. The highest BCUT2D eigenvalue weighted by atomic mass is 15.1. The topological polar surface area (TPSA) is 29.3 Å². The molecule has 2 nitrogen and oxygen atoms in total. The van der Waals surface area contributed by atoms with Crippen molar-refractivity contribution in [3.8, 4) is 0 Å². The SMILES string of the molecule is NC/C=C/c1cccc(CN2CCCCC2)c1. The van der Waals surface area contributed by atoms with E-state index in [1.807, 2.05) is 6.08 Å². The predicted molar refractivity (Wildman–Crippen MR) is 73.7 cm³/mol. The first kappa shape index (κ1) is 12.3. The van der Waals surface area contributed by atoms with Gasteiger partial charge in [-0.2, -0.15) is 0 Å². The van der Waals surface area contributed by atoms with E-state index in [0.717, 1.165) is 6.54 Å². The van der Waals surface area contributed by atoms with Gasteiger partial charge in [0.2, 0.25) is 0 Å². The normalized spacial score (nSPS) is 17.7. The van der Waals surface area contributed by atoms with Crippen LogP contribution in [0.5, 0.6) is 0 Å². The lowest BCUT2D eigenvalue weighted by atomic mass is 10.1. The molecule has 1 heterocycles. The summed E-state index contributed by atoms with van der Waals surface area (Å²) in [6.45, 7) is 4.20. The molecule has 1 saturated heterocycles. The van der Waals surface area contributed by atoms with Gasteiger partial charge >= 0.3 is 0 Å². The van der Waals surface area contributed by atoms with Gasteiger partial charge in [-0.1, -0.05) is 42.8 Å². The zero-order chi connectivity index (χ0) is 11.9. The van der Waals surface area contributed by atoms with E-state index in [1.54, 1.807) is 0 Å². The van der Waals surface area contributed by atoms with E-state index in [2.05, 4.69) is 35.2 Å². The first-order chi connectivity index (χ1) is 8.38. The van der Waals surface area contributed by atoms with Gasteiger partial charge in [0, 0.05) is 13.1 Å². The second kappa shape index (κ2) is 6.58. The summed E-state index contributed by atoms with van der Waals surface area (Å²) in [4.78, 5) is 2.55. The third-order valence-corrected chi connectivity index (χ3v) is 3.25. The van der Waals surface area contributed by atoms with E-state index < -0.39 is 0 Å².